The molecule has 0 spiro atoms. The van der Waals surface area contributed by atoms with E-state index in [-0.39, 0.29) is 5.04 Å². The van der Waals surface area contributed by atoms with E-state index in [1.54, 1.807) is 6.33 Å². The molecule has 0 atom stereocenters. The minimum Gasteiger partial charge on any atom is -0.416 e. The number of nitrogens with zero attached hydrogens (tertiary/aromatic N) is 2. The van der Waals surface area contributed by atoms with Gasteiger partial charge in [0.25, 0.3) is 0 Å². The van der Waals surface area contributed by atoms with Gasteiger partial charge in [0.1, 0.15) is 6.33 Å². The average Bonchev–Trinajstić information content (AvgIpc) is 2.61. The van der Waals surface area contributed by atoms with Gasteiger partial charge < -0.3 is 4.43 Å². The second kappa shape index (κ2) is 7.29. The van der Waals surface area contributed by atoms with Crippen LogP contribution in [0.3, 0.4) is 0 Å². The number of hydrogen-bond acceptors (Lipinski definition) is 3. The fraction of sp³-hybridized carbons (Fsp3) is 0.364. The Morgan fingerprint density at radius 1 is 0.885 bits per heavy atom. The van der Waals surface area contributed by atoms with Crippen LogP contribution >= 0.6 is 0 Å². The van der Waals surface area contributed by atoms with Crippen molar-refractivity contribution in [1.29, 1.82) is 0 Å². The highest BCUT2D eigenvalue weighted by atomic mass is 28.4. The minimum atomic E-state index is -1.67. The Balaban J connectivity index is 1.72. The second-order valence-corrected chi connectivity index (χ2v) is 13.2. The van der Waals surface area contributed by atoms with Gasteiger partial charge in [0, 0.05) is 24.6 Å². The predicted octanol–water partition coefficient (Wildman–Crippen LogP) is 5.86. The van der Waals surface area contributed by atoms with Crippen molar-refractivity contribution in [2.24, 2.45) is 0 Å². The zero-order valence-electron chi connectivity index (χ0n) is 16.4. The average molecular weight is 365 g/mol. The molecule has 1 aromatic heterocycles. The van der Waals surface area contributed by atoms with E-state index < -0.39 is 8.32 Å². The third-order valence-corrected chi connectivity index (χ3v) is 10.00. The monoisotopic (exact) mass is 364 g/mol. The molecule has 3 rings (SSSR count). The van der Waals surface area contributed by atoms with Gasteiger partial charge in [-0.1, -0.05) is 51.1 Å². The molecule has 0 fully saturated rings. The molecule has 0 saturated carbocycles. The summed E-state index contributed by atoms with van der Waals surface area (Å²) in [6.07, 6.45) is 6.21. The first kappa shape index (κ1) is 18.7. The maximum atomic E-state index is 6.31. The van der Waals surface area contributed by atoms with Crippen molar-refractivity contribution in [1.82, 2.24) is 9.97 Å². The minimum absolute atomic E-state index is 0.258. The fourth-order valence-corrected chi connectivity index (χ4v) is 3.76. The van der Waals surface area contributed by atoms with Gasteiger partial charge >= 0.3 is 0 Å². The standard InChI is InChI=1S/C22H28N2OSi/c1-22(2,3)26(4,5)25-11-10-17-6-7-19-13-20(9-8-18(19)12-17)21-14-23-16-24-15-21/h6-9,12-16H,10-11H2,1-5H3. The third kappa shape index (κ3) is 4.19. The van der Waals surface area contributed by atoms with E-state index in [2.05, 4.69) is 80.2 Å². The van der Waals surface area contributed by atoms with Crippen molar-refractivity contribution < 1.29 is 4.43 Å². The molecule has 3 nitrogen and oxygen atoms in total. The molecule has 136 valence electrons. The SMILES string of the molecule is CC(C)(C)[Si](C)(C)OCCc1ccc2cc(-c3cncnc3)ccc2c1. The summed E-state index contributed by atoms with van der Waals surface area (Å²) in [5, 5.41) is 2.75. The molecule has 3 aromatic rings. The van der Waals surface area contributed by atoms with Crippen LogP contribution in [0.5, 0.6) is 0 Å². The summed E-state index contributed by atoms with van der Waals surface area (Å²) in [4.78, 5) is 8.21. The van der Waals surface area contributed by atoms with Gasteiger partial charge in [-0.05, 0) is 52.5 Å². The zero-order valence-corrected chi connectivity index (χ0v) is 17.4. The van der Waals surface area contributed by atoms with E-state index in [1.807, 2.05) is 12.4 Å². The van der Waals surface area contributed by atoms with Crippen LogP contribution in [0.2, 0.25) is 18.1 Å². The first-order valence-corrected chi connectivity index (χ1v) is 12.1. The Labute approximate surface area is 157 Å². The third-order valence-electron chi connectivity index (χ3n) is 5.46. The molecular weight excluding hydrogens is 336 g/mol. The van der Waals surface area contributed by atoms with E-state index in [0.717, 1.165) is 24.2 Å². The number of aromatic nitrogens is 2. The highest BCUT2D eigenvalue weighted by molar-refractivity contribution is 6.74. The van der Waals surface area contributed by atoms with Crippen LogP contribution in [0.1, 0.15) is 26.3 Å². The smallest absolute Gasteiger partial charge is 0.191 e. The van der Waals surface area contributed by atoms with Crippen molar-refractivity contribution in [2.75, 3.05) is 6.61 Å². The predicted molar refractivity (Wildman–Crippen MR) is 112 cm³/mol. The fourth-order valence-electron chi connectivity index (χ4n) is 2.72. The van der Waals surface area contributed by atoms with Crippen molar-refractivity contribution in [2.45, 2.75) is 45.3 Å². The van der Waals surface area contributed by atoms with Crippen molar-refractivity contribution >= 4 is 19.1 Å². The molecule has 0 aliphatic carbocycles. The lowest BCUT2D eigenvalue weighted by Crippen LogP contribution is -2.41. The Morgan fingerprint density at radius 3 is 2.23 bits per heavy atom. The summed E-state index contributed by atoms with van der Waals surface area (Å²) in [6, 6.07) is 13.2. The molecular formula is C22H28N2OSi. The number of hydrogen-bond donors (Lipinski definition) is 0. The van der Waals surface area contributed by atoms with E-state index in [1.165, 1.54) is 16.3 Å². The zero-order chi connectivity index (χ0) is 18.8. The summed E-state index contributed by atoms with van der Waals surface area (Å²) in [7, 11) is -1.67. The van der Waals surface area contributed by atoms with Gasteiger partial charge in [-0.2, -0.15) is 0 Å². The lowest BCUT2D eigenvalue weighted by Gasteiger charge is -2.36. The molecule has 1 heterocycles. The lowest BCUT2D eigenvalue weighted by atomic mass is 10.0. The van der Waals surface area contributed by atoms with Crippen LogP contribution < -0.4 is 0 Å². The van der Waals surface area contributed by atoms with E-state index >= 15 is 0 Å². The Bertz CT molecular complexity index is 886. The van der Waals surface area contributed by atoms with Crippen molar-refractivity contribution in [3.05, 3.63) is 60.7 Å². The van der Waals surface area contributed by atoms with Crippen LogP contribution in [-0.4, -0.2) is 24.9 Å². The van der Waals surface area contributed by atoms with Crippen LogP contribution in [0.15, 0.2) is 55.1 Å². The first-order valence-electron chi connectivity index (χ1n) is 9.18. The number of benzene rings is 2. The molecule has 2 aromatic carbocycles. The van der Waals surface area contributed by atoms with Crippen LogP contribution in [0, 0.1) is 0 Å². The Hall–Kier alpha value is -2.04. The normalized spacial score (nSPS) is 12.5. The molecule has 26 heavy (non-hydrogen) atoms. The summed E-state index contributed by atoms with van der Waals surface area (Å²) in [5.41, 5.74) is 3.51. The van der Waals surface area contributed by atoms with Crippen molar-refractivity contribution in [3.63, 3.8) is 0 Å². The molecule has 0 aliphatic rings. The maximum Gasteiger partial charge on any atom is 0.191 e. The summed E-state index contributed by atoms with van der Waals surface area (Å²) in [5.74, 6) is 0. The number of rotatable bonds is 5. The highest BCUT2D eigenvalue weighted by Crippen LogP contribution is 2.36. The van der Waals surface area contributed by atoms with Gasteiger partial charge in [0.05, 0.1) is 0 Å². The second-order valence-electron chi connectivity index (χ2n) is 8.38. The molecule has 4 heteroatoms. The van der Waals surface area contributed by atoms with Gasteiger partial charge in [-0.15, -0.1) is 0 Å². The molecule has 0 aliphatic heterocycles. The van der Waals surface area contributed by atoms with E-state index in [9.17, 15) is 0 Å². The molecule has 0 unspecified atom stereocenters. The van der Waals surface area contributed by atoms with Crippen LogP contribution in [0.25, 0.3) is 21.9 Å². The largest absolute Gasteiger partial charge is 0.416 e. The van der Waals surface area contributed by atoms with E-state index in [0.29, 0.717) is 0 Å². The number of fused-ring (bicyclic) bond motifs is 1. The molecule has 0 amide bonds. The molecule has 0 bridgehead atoms. The molecule has 0 radical (unpaired) electrons. The lowest BCUT2D eigenvalue weighted by molar-refractivity contribution is 0.292. The quantitative estimate of drug-likeness (QED) is 0.532. The Kier molecular flexibility index (Phi) is 5.26. The van der Waals surface area contributed by atoms with Gasteiger partial charge in [0.15, 0.2) is 8.32 Å². The molecule has 0 saturated heterocycles. The van der Waals surface area contributed by atoms with Crippen LogP contribution in [-0.2, 0) is 10.8 Å². The van der Waals surface area contributed by atoms with Gasteiger partial charge in [-0.3, -0.25) is 0 Å². The van der Waals surface area contributed by atoms with Gasteiger partial charge in [-0.25, -0.2) is 9.97 Å². The Morgan fingerprint density at radius 2 is 1.54 bits per heavy atom. The van der Waals surface area contributed by atoms with Crippen LogP contribution in [0.4, 0.5) is 0 Å². The highest BCUT2D eigenvalue weighted by Gasteiger charge is 2.36. The topological polar surface area (TPSA) is 35.0 Å². The summed E-state index contributed by atoms with van der Waals surface area (Å²) >= 11 is 0. The van der Waals surface area contributed by atoms with E-state index in [4.69, 9.17) is 4.43 Å². The van der Waals surface area contributed by atoms with Gasteiger partial charge in [0.2, 0.25) is 0 Å². The first-order chi connectivity index (χ1) is 12.3. The summed E-state index contributed by atoms with van der Waals surface area (Å²) in [6.45, 7) is 12.3. The maximum absolute atomic E-state index is 6.31. The summed E-state index contributed by atoms with van der Waals surface area (Å²) < 4.78 is 6.31. The van der Waals surface area contributed by atoms with Crippen molar-refractivity contribution in [3.8, 4) is 11.1 Å². The molecule has 0 N–H and O–H groups in total.